The maximum absolute atomic E-state index is 13.5. The van der Waals surface area contributed by atoms with Gasteiger partial charge in [-0.25, -0.2) is 4.39 Å². The zero-order valence-electron chi connectivity index (χ0n) is 12.1. The summed E-state index contributed by atoms with van der Waals surface area (Å²) in [5, 5.41) is 3.31. The third-order valence-electron chi connectivity index (χ3n) is 4.62. The molecule has 0 spiro atoms. The highest BCUT2D eigenvalue weighted by Gasteiger charge is 2.47. The fourth-order valence-corrected chi connectivity index (χ4v) is 3.29. The molecule has 1 aromatic carbocycles. The van der Waals surface area contributed by atoms with Gasteiger partial charge < -0.3 is 10.2 Å². The summed E-state index contributed by atoms with van der Waals surface area (Å²) >= 11 is 0. The molecule has 1 N–H and O–H groups in total. The Morgan fingerprint density at radius 3 is 2.67 bits per heavy atom. The Bertz CT molecular complexity index is 497. The molecule has 1 saturated heterocycles. The second-order valence-electron chi connectivity index (χ2n) is 5.84. The maximum Gasteiger partial charge on any atom is 0.233 e. The number of rotatable bonds is 2. The highest BCUT2D eigenvalue weighted by Crippen LogP contribution is 2.45. The molecule has 1 aromatic rings. The third kappa shape index (κ3) is 3.06. The molecular formula is C16H22ClFN2O. The van der Waals surface area contributed by atoms with Gasteiger partial charge in [0.25, 0.3) is 0 Å². The number of halogens is 2. The van der Waals surface area contributed by atoms with Gasteiger partial charge in [0.15, 0.2) is 0 Å². The van der Waals surface area contributed by atoms with E-state index in [0.29, 0.717) is 0 Å². The zero-order chi connectivity index (χ0) is 14.0. The van der Waals surface area contributed by atoms with Gasteiger partial charge >= 0.3 is 0 Å². The third-order valence-corrected chi connectivity index (χ3v) is 4.62. The first-order valence-corrected chi connectivity index (χ1v) is 7.48. The smallest absolute Gasteiger partial charge is 0.233 e. The minimum Gasteiger partial charge on any atom is -0.341 e. The Hall–Kier alpha value is -1.13. The van der Waals surface area contributed by atoms with Gasteiger partial charge in [-0.15, -0.1) is 12.4 Å². The normalized spacial score (nSPS) is 20.9. The molecule has 0 aromatic heterocycles. The fourth-order valence-electron chi connectivity index (χ4n) is 3.29. The molecule has 5 heteroatoms. The lowest BCUT2D eigenvalue weighted by molar-refractivity contribution is -0.140. The van der Waals surface area contributed by atoms with E-state index in [1.807, 2.05) is 11.0 Å². The molecule has 1 amide bonds. The molecule has 3 nitrogen and oxygen atoms in total. The summed E-state index contributed by atoms with van der Waals surface area (Å²) in [6.45, 7) is 3.39. The lowest BCUT2D eigenvalue weighted by Gasteiger charge is -2.43. The van der Waals surface area contributed by atoms with Gasteiger partial charge in [-0.1, -0.05) is 18.6 Å². The molecule has 21 heavy (non-hydrogen) atoms. The number of benzene rings is 1. The summed E-state index contributed by atoms with van der Waals surface area (Å²) < 4.78 is 13.5. The van der Waals surface area contributed by atoms with Crippen LogP contribution < -0.4 is 5.32 Å². The topological polar surface area (TPSA) is 32.3 Å². The van der Waals surface area contributed by atoms with E-state index in [4.69, 9.17) is 0 Å². The Labute approximate surface area is 131 Å². The molecule has 2 fully saturated rings. The van der Waals surface area contributed by atoms with Crippen molar-refractivity contribution < 1.29 is 9.18 Å². The first-order chi connectivity index (χ1) is 9.72. The highest BCUT2D eigenvalue weighted by atomic mass is 35.5. The quantitative estimate of drug-likeness (QED) is 0.910. The van der Waals surface area contributed by atoms with E-state index >= 15 is 0 Å². The molecule has 0 radical (unpaired) electrons. The molecule has 3 rings (SSSR count). The predicted octanol–water partition coefficient (Wildman–Crippen LogP) is 2.49. The number of hydrogen-bond acceptors (Lipinski definition) is 2. The largest absolute Gasteiger partial charge is 0.341 e. The second-order valence-corrected chi connectivity index (χ2v) is 5.84. The number of nitrogens with zero attached hydrogens (tertiary/aromatic N) is 1. The lowest BCUT2D eigenvalue weighted by atomic mass is 9.63. The summed E-state index contributed by atoms with van der Waals surface area (Å²) in [5.74, 6) is -0.0582. The van der Waals surface area contributed by atoms with Gasteiger partial charge in [-0.05, 0) is 43.5 Å². The summed E-state index contributed by atoms with van der Waals surface area (Å²) in [6, 6.07) is 6.58. The minimum atomic E-state index is -0.466. The average molecular weight is 313 g/mol. The SMILES string of the molecule is Cl.O=C(N1CCCNCC1)C1(c2cccc(F)c2)CCC1. The van der Waals surface area contributed by atoms with Crippen molar-refractivity contribution in [2.45, 2.75) is 31.1 Å². The van der Waals surface area contributed by atoms with E-state index in [2.05, 4.69) is 5.32 Å². The van der Waals surface area contributed by atoms with Crippen molar-refractivity contribution in [3.05, 3.63) is 35.6 Å². The summed E-state index contributed by atoms with van der Waals surface area (Å²) in [6.07, 6.45) is 3.73. The molecule has 0 unspecified atom stereocenters. The van der Waals surface area contributed by atoms with Crippen LogP contribution in [0.4, 0.5) is 4.39 Å². The Kier molecular flexibility index (Phi) is 5.22. The molecular weight excluding hydrogens is 291 g/mol. The van der Waals surface area contributed by atoms with E-state index in [0.717, 1.165) is 57.4 Å². The second kappa shape index (κ2) is 6.75. The number of amides is 1. The van der Waals surface area contributed by atoms with E-state index in [1.54, 1.807) is 6.07 Å². The molecule has 116 valence electrons. The van der Waals surface area contributed by atoms with Crippen LogP contribution in [0.15, 0.2) is 24.3 Å². The number of carbonyl (C=O) groups excluding carboxylic acids is 1. The van der Waals surface area contributed by atoms with Crippen LogP contribution in [0.3, 0.4) is 0 Å². The number of carbonyl (C=O) groups is 1. The predicted molar refractivity (Wildman–Crippen MR) is 83.2 cm³/mol. The Morgan fingerprint density at radius 1 is 1.19 bits per heavy atom. The molecule has 0 bridgehead atoms. The van der Waals surface area contributed by atoms with E-state index in [9.17, 15) is 9.18 Å². The molecule has 1 saturated carbocycles. The first-order valence-electron chi connectivity index (χ1n) is 7.48. The van der Waals surface area contributed by atoms with Crippen LogP contribution in [0.25, 0.3) is 0 Å². The van der Waals surface area contributed by atoms with E-state index in [1.165, 1.54) is 12.1 Å². The summed E-state index contributed by atoms with van der Waals surface area (Å²) in [7, 11) is 0. The van der Waals surface area contributed by atoms with Gasteiger partial charge in [-0.2, -0.15) is 0 Å². The van der Waals surface area contributed by atoms with E-state index in [-0.39, 0.29) is 24.1 Å². The first kappa shape index (κ1) is 16.2. The van der Waals surface area contributed by atoms with Gasteiger partial charge in [-0.3, -0.25) is 4.79 Å². The zero-order valence-corrected chi connectivity index (χ0v) is 12.9. The van der Waals surface area contributed by atoms with Crippen molar-refractivity contribution >= 4 is 18.3 Å². The number of hydrogen-bond donors (Lipinski definition) is 1. The van der Waals surface area contributed by atoms with Crippen LogP contribution in [0.5, 0.6) is 0 Å². The van der Waals surface area contributed by atoms with Gasteiger partial charge in [0.05, 0.1) is 5.41 Å². The van der Waals surface area contributed by atoms with Crippen LogP contribution in [0.2, 0.25) is 0 Å². The Balaban J connectivity index is 0.00000161. The number of nitrogens with one attached hydrogen (secondary N) is 1. The molecule has 0 atom stereocenters. The molecule has 1 aliphatic heterocycles. The van der Waals surface area contributed by atoms with Crippen molar-refractivity contribution in [1.82, 2.24) is 10.2 Å². The fraction of sp³-hybridized carbons (Fsp3) is 0.562. The van der Waals surface area contributed by atoms with Crippen molar-refractivity contribution in [3.8, 4) is 0 Å². The van der Waals surface area contributed by atoms with Gasteiger partial charge in [0.2, 0.25) is 5.91 Å². The van der Waals surface area contributed by atoms with E-state index < -0.39 is 5.41 Å². The van der Waals surface area contributed by atoms with Crippen molar-refractivity contribution in [3.63, 3.8) is 0 Å². The van der Waals surface area contributed by atoms with Crippen LogP contribution in [-0.2, 0) is 10.2 Å². The van der Waals surface area contributed by atoms with Crippen molar-refractivity contribution in [1.29, 1.82) is 0 Å². The maximum atomic E-state index is 13.5. The van der Waals surface area contributed by atoms with Crippen LogP contribution in [0, 0.1) is 5.82 Å². The molecule has 2 aliphatic rings. The van der Waals surface area contributed by atoms with Gasteiger partial charge in [0.1, 0.15) is 5.82 Å². The van der Waals surface area contributed by atoms with Crippen LogP contribution in [-0.4, -0.2) is 37.0 Å². The lowest BCUT2D eigenvalue weighted by Crippen LogP contribution is -2.51. The average Bonchev–Trinajstić information content (AvgIpc) is 2.66. The molecule has 1 aliphatic carbocycles. The Morgan fingerprint density at radius 2 is 2.00 bits per heavy atom. The van der Waals surface area contributed by atoms with Gasteiger partial charge in [0, 0.05) is 19.6 Å². The van der Waals surface area contributed by atoms with Crippen molar-refractivity contribution in [2.75, 3.05) is 26.2 Å². The standard InChI is InChI=1S/C16H21FN2O.ClH/c17-14-5-1-4-13(12-14)16(6-2-7-16)15(20)19-10-3-8-18-9-11-19;/h1,4-5,12,18H,2-3,6-11H2;1H. The summed E-state index contributed by atoms with van der Waals surface area (Å²) in [4.78, 5) is 14.9. The minimum absolute atomic E-state index is 0. The van der Waals surface area contributed by atoms with Crippen LogP contribution >= 0.6 is 12.4 Å². The monoisotopic (exact) mass is 312 g/mol. The van der Waals surface area contributed by atoms with Crippen molar-refractivity contribution in [2.24, 2.45) is 0 Å². The highest BCUT2D eigenvalue weighted by molar-refractivity contribution is 5.89. The molecule has 1 heterocycles. The summed E-state index contributed by atoms with van der Waals surface area (Å²) in [5.41, 5.74) is 0.387. The van der Waals surface area contributed by atoms with Crippen LogP contribution in [0.1, 0.15) is 31.2 Å².